The highest BCUT2D eigenvalue weighted by Gasteiger charge is 2.34. The molecule has 0 aliphatic carbocycles. The molecule has 40 heavy (non-hydrogen) atoms. The lowest BCUT2D eigenvalue weighted by molar-refractivity contribution is -0.138. The average molecular weight is 573 g/mol. The van der Waals surface area contributed by atoms with Crippen LogP contribution in [0.15, 0.2) is 63.6 Å². The molecule has 0 unspecified atom stereocenters. The highest BCUT2D eigenvalue weighted by atomic mass is 35.5. The molecule has 0 saturated heterocycles. The number of alkyl halides is 3. The molecule has 0 aliphatic rings. The predicted molar refractivity (Wildman–Crippen MR) is 147 cm³/mol. The smallest absolute Gasteiger partial charge is 0.421 e. The van der Waals surface area contributed by atoms with E-state index >= 15 is 0 Å². The van der Waals surface area contributed by atoms with Crippen LogP contribution in [0.4, 0.5) is 17.6 Å². The number of allylic oxidation sites excluding steroid dienone is 1. The Morgan fingerprint density at radius 1 is 1.20 bits per heavy atom. The monoisotopic (exact) mass is 572 g/mol. The second-order valence-electron chi connectivity index (χ2n) is 9.03. The maximum Gasteiger partial charge on any atom is 0.421 e. The van der Waals surface area contributed by atoms with E-state index in [1.807, 2.05) is 19.1 Å². The van der Waals surface area contributed by atoms with Gasteiger partial charge in [-0.15, -0.1) is 0 Å². The number of rotatable bonds is 7. The van der Waals surface area contributed by atoms with Gasteiger partial charge in [0.25, 0.3) is 5.56 Å². The Bertz CT molecular complexity index is 1710. The lowest BCUT2D eigenvalue weighted by Gasteiger charge is -2.17. The summed E-state index contributed by atoms with van der Waals surface area (Å²) in [6, 6.07) is 9.05. The standard InChI is InChI=1S/C29H25ClF4N4O2/c1-5-35-26(18(4)30)20-12-16(2)37-27-19(20)8-6-10-25(27)40-15-21-17(3)23(31)13-36-24(21)14-38-11-7-9-22(28(38)39)29(32,33)34/h5-13H,14-15H2,1-4H3/b26-18+,35-5?. The highest BCUT2D eigenvalue weighted by molar-refractivity contribution is 6.32. The maximum atomic E-state index is 14.5. The normalized spacial score (nSPS) is 12.7. The van der Waals surface area contributed by atoms with Gasteiger partial charge in [0.05, 0.1) is 24.1 Å². The van der Waals surface area contributed by atoms with Crippen molar-refractivity contribution >= 4 is 34.4 Å². The van der Waals surface area contributed by atoms with Crippen molar-refractivity contribution in [3.05, 3.63) is 104 Å². The van der Waals surface area contributed by atoms with Crippen LogP contribution in [0, 0.1) is 19.7 Å². The van der Waals surface area contributed by atoms with Gasteiger partial charge in [-0.25, -0.2) is 9.37 Å². The first-order valence-electron chi connectivity index (χ1n) is 12.2. The van der Waals surface area contributed by atoms with E-state index in [4.69, 9.17) is 16.3 Å². The van der Waals surface area contributed by atoms with Gasteiger partial charge in [-0.05, 0) is 57.5 Å². The molecule has 4 rings (SSSR count). The zero-order chi connectivity index (χ0) is 29.2. The van der Waals surface area contributed by atoms with Gasteiger partial charge in [-0.1, -0.05) is 23.7 Å². The van der Waals surface area contributed by atoms with Crippen LogP contribution in [0.1, 0.15) is 47.5 Å². The van der Waals surface area contributed by atoms with E-state index in [0.717, 1.165) is 27.8 Å². The fourth-order valence-electron chi connectivity index (χ4n) is 4.32. The largest absolute Gasteiger partial charge is 0.487 e. The molecule has 4 aromatic rings. The van der Waals surface area contributed by atoms with E-state index in [1.165, 1.54) is 13.1 Å². The van der Waals surface area contributed by atoms with Gasteiger partial charge >= 0.3 is 6.18 Å². The Morgan fingerprint density at radius 2 is 1.95 bits per heavy atom. The summed E-state index contributed by atoms with van der Waals surface area (Å²) in [4.78, 5) is 25.6. The van der Waals surface area contributed by atoms with Crippen LogP contribution in [0.3, 0.4) is 0 Å². The SMILES string of the molecule is CC=N/C(=C(\C)Cl)c1cc(C)nc2c(OCc3c(Cn4cccc(C(F)(F)F)c4=O)ncc(F)c3C)cccc12. The first kappa shape index (κ1) is 28.9. The topological polar surface area (TPSA) is 69.4 Å². The number of nitrogens with zero attached hydrogens (tertiary/aromatic N) is 4. The van der Waals surface area contributed by atoms with Gasteiger partial charge in [0, 0.05) is 39.7 Å². The number of benzene rings is 1. The van der Waals surface area contributed by atoms with Crippen LogP contribution >= 0.6 is 11.6 Å². The summed E-state index contributed by atoms with van der Waals surface area (Å²) in [6.45, 7) is 6.38. The molecule has 0 saturated carbocycles. The summed E-state index contributed by atoms with van der Waals surface area (Å²) in [5.74, 6) is -0.224. The third-order valence-electron chi connectivity index (χ3n) is 6.28. The molecular formula is C29H25ClF4N4O2. The van der Waals surface area contributed by atoms with Gasteiger partial charge < -0.3 is 9.30 Å². The zero-order valence-electron chi connectivity index (χ0n) is 22.1. The molecule has 208 valence electrons. The molecule has 0 fully saturated rings. The molecule has 0 N–H and O–H groups in total. The first-order valence-corrected chi connectivity index (χ1v) is 12.6. The quantitative estimate of drug-likeness (QED) is 0.173. The Morgan fingerprint density at radius 3 is 2.62 bits per heavy atom. The molecule has 3 aromatic heterocycles. The molecule has 6 nitrogen and oxygen atoms in total. The number of aryl methyl sites for hydroxylation is 1. The van der Waals surface area contributed by atoms with Crippen LogP contribution in [-0.4, -0.2) is 20.7 Å². The van der Waals surface area contributed by atoms with Crippen molar-refractivity contribution in [1.82, 2.24) is 14.5 Å². The molecule has 1 aromatic carbocycles. The number of pyridine rings is 3. The Labute approximate surface area is 232 Å². The number of aromatic nitrogens is 3. The van der Waals surface area contributed by atoms with E-state index in [1.54, 1.807) is 32.2 Å². The number of hydrogen-bond acceptors (Lipinski definition) is 5. The van der Waals surface area contributed by atoms with E-state index in [2.05, 4.69) is 15.0 Å². The molecule has 0 radical (unpaired) electrons. The number of hydrogen-bond donors (Lipinski definition) is 0. The van der Waals surface area contributed by atoms with Crippen molar-refractivity contribution in [2.45, 2.75) is 47.0 Å². The highest BCUT2D eigenvalue weighted by Crippen LogP contribution is 2.34. The Kier molecular flexibility index (Phi) is 8.39. The van der Waals surface area contributed by atoms with Gasteiger partial charge in [0.1, 0.15) is 29.3 Å². The summed E-state index contributed by atoms with van der Waals surface area (Å²) < 4.78 is 61.4. The second-order valence-corrected chi connectivity index (χ2v) is 9.60. The fraction of sp³-hybridized carbons (Fsp3) is 0.241. The maximum absolute atomic E-state index is 14.5. The molecule has 3 heterocycles. The number of halogens is 5. The zero-order valence-corrected chi connectivity index (χ0v) is 22.9. The summed E-state index contributed by atoms with van der Waals surface area (Å²) in [6.07, 6.45) is -0.973. The first-order chi connectivity index (χ1) is 18.9. The molecule has 11 heteroatoms. The minimum Gasteiger partial charge on any atom is -0.487 e. The summed E-state index contributed by atoms with van der Waals surface area (Å²) >= 11 is 6.34. The van der Waals surface area contributed by atoms with Gasteiger partial charge in [0.15, 0.2) is 0 Å². The number of fused-ring (bicyclic) bond motifs is 1. The van der Waals surface area contributed by atoms with Crippen LogP contribution in [0.25, 0.3) is 16.6 Å². The van der Waals surface area contributed by atoms with Crippen molar-refractivity contribution in [3.8, 4) is 5.75 Å². The molecule has 0 bridgehead atoms. The third-order valence-corrected chi connectivity index (χ3v) is 6.46. The second kappa shape index (κ2) is 11.6. The van der Waals surface area contributed by atoms with Crippen molar-refractivity contribution in [2.75, 3.05) is 0 Å². The van der Waals surface area contributed by atoms with Crippen molar-refractivity contribution in [3.63, 3.8) is 0 Å². The molecule has 0 spiro atoms. The summed E-state index contributed by atoms with van der Waals surface area (Å²) in [7, 11) is 0. The van der Waals surface area contributed by atoms with Gasteiger partial charge in [-0.3, -0.25) is 14.8 Å². The minimum atomic E-state index is -4.81. The van der Waals surface area contributed by atoms with E-state index in [9.17, 15) is 22.4 Å². The van der Waals surface area contributed by atoms with Crippen LogP contribution in [-0.2, 0) is 19.3 Å². The Hall–Kier alpha value is -4.05. The minimum absolute atomic E-state index is 0.173. The number of para-hydroxylation sites is 1. The fourth-order valence-corrected chi connectivity index (χ4v) is 4.47. The molecule has 0 atom stereocenters. The van der Waals surface area contributed by atoms with Gasteiger partial charge in [-0.2, -0.15) is 13.2 Å². The molecule has 0 amide bonds. The van der Waals surface area contributed by atoms with Crippen LogP contribution in [0.2, 0.25) is 0 Å². The van der Waals surface area contributed by atoms with E-state index in [0.29, 0.717) is 39.3 Å². The third kappa shape index (κ3) is 5.91. The predicted octanol–water partition coefficient (Wildman–Crippen LogP) is 7.21. The number of ether oxygens (including phenoxy) is 1. The molecular weight excluding hydrogens is 548 g/mol. The van der Waals surface area contributed by atoms with E-state index < -0.39 is 23.1 Å². The van der Waals surface area contributed by atoms with Crippen molar-refractivity contribution < 1.29 is 22.3 Å². The van der Waals surface area contributed by atoms with Crippen molar-refractivity contribution in [1.29, 1.82) is 0 Å². The summed E-state index contributed by atoms with van der Waals surface area (Å²) in [5, 5.41) is 1.22. The average Bonchev–Trinajstić information content (AvgIpc) is 2.89. The molecule has 0 aliphatic heterocycles. The van der Waals surface area contributed by atoms with Crippen LogP contribution in [0.5, 0.6) is 5.75 Å². The Balaban J connectivity index is 1.75. The van der Waals surface area contributed by atoms with Crippen molar-refractivity contribution in [2.24, 2.45) is 4.99 Å². The lowest BCUT2D eigenvalue weighted by atomic mass is 10.0. The number of aliphatic imine (C=N–C) groups is 1. The van der Waals surface area contributed by atoms with E-state index in [-0.39, 0.29) is 24.4 Å². The van der Waals surface area contributed by atoms with Gasteiger partial charge in [0.2, 0.25) is 0 Å². The van der Waals surface area contributed by atoms with Crippen LogP contribution < -0.4 is 10.3 Å². The lowest BCUT2D eigenvalue weighted by Crippen LogP contribution is -2.29. The summed E-state index contributed by atoms with van der Waals surface area (Å²) in [5.41, 5.74) is 0.739.